The highest BCUT2D eigenvalue weighted by atomic mass is 16.5. The van der Waals surface area contributed by atoms with E-state index in [1.54, 1.807) is 19.1 Å². The van der Waals surface area contributed by atoms with Gasteiger partial charge in [0.05, 0.1) is 7.11 Å². The second-order valence-corrected chi connectivity index (χ2v) is 6.34. The highest BCUT2D eigenvalue weighted by Gasteiger charge is 2.49. The maximum absolute atomic E-state index is 12.7. The quantitative estimate of drug-likeness (QED) is 0.425. The fourth-order valence-electron chi connectivity index (χ4n) is 2.69. The van der Waals surface area contributed by atoms with Gasteiger partial charge in [0.15, 0.2) is 0 Å². The minimum Gasteiger partial charge on any atom is -0.469 e. The zero-order valence-corrected chi connectivity index (χ0v) is 15.1. The molecule has 1 aromatic rings. The van der Waals surface area contributed by atoms with Crippen molar-refractivity contribution in [3.63, 3.8) is 0 Å². The average Bonchev–Trinajstić information content (AvgIpc) is 2.83. The molecule has 1 atom stereocenters. The summed E-state index contributed by atoms with van der Waals surface area (Å²) < 4.78 is 4.51. The Balaban J connectivity index is 1.95. The summed E-state index contributed by atoms with van der Waals surface area (Å²) in [4.78, 5) is 48.8. The van der Waals surface area contributed by atoms with Gasteiger partial charge in [-0.15, -0.1) is 0 Å². The summed E-state index contributed by atoms with van der Waals surface area (Å²) in [6.07, 6.45) is 0.602. The molecule has 140 valence electrons. The van der Waals surface area contributed by atoms with Crippen LogP contribution in [-0.4, -0.2) is 48.9 Å². The molecular weight excluding hydrogens is 338 g/mol. The van der Waals surface area contributed by atoms with E-state index in [0.29, 0.717) is 12.0 Å². The van der Waals surface area contributed by atoms with E-state index >= 15 is 0 Å². The molecule has 0 aliphatic carbocycles. The molecule has 1 fully saturated rings. The Morgan fingerprint density at radius 3 is 2.50 bits per heavy atom. The SMILES string of the molecule is COC(=O)CCCNC(=O)CN1C(=O)NC(C)(c2ccc(C)cc2)C1=O. The standard InChI is InChI=1S/C18H23N3O5/c1-12-6-8-13(9-7-12)18(2)16(24)21(17(25)20-18)11-14(22)19-10-4-5-15(23)26-3/h6-9H,4-5,10-11H2,1-3H3,(H,19,22)(H,20,25). The summed E-state index contributed by atoms with van der Waals surface area (Å²) in [5, 5.41) is 5.24. The topological polar surface area (TPSA) is 105 Å². The number of benzene rings is 1. The first-order valence-corrected chi connectivity index (χ1v) is 8.32. The van der Waals surface area contributed by atoms with E-state index in [1.807, 2.05) is 19.1 Å². The zero-order chi connectivity index (χ0) is 19.3. The van der Waals surface area contributed by atoms with Crippen molar-refractivity contribution < 1.29 is 23.9 Å². The highest BCUT2D eigenvalue weighted by molar-refractivity contribution is 6.09. The molecule has 0 saturated carbocycles. The molecule has 2 rings (SSSR count). The number of carbonyl (C=O) groups is 4. The number of amides is 4. The maximum Gasteiger partial charge on any atom is 0.325 e. The van der Waals surface area contributed by atoms with Crippen molar-refractivity contribution in [2.45, 2.75) is 32.2 Å². The van der Waals surface area contributed by atoms with Gasteiger partial charge in [0.1, 0.15) is 12.1 Å². The Hall–Kier alpha value is -2.90. The molecule has 0 bridgehead atoms. The van der Waals surface area contributed by atoms with Gasteiger partial charge in [-0.3, -0.25) is 19.3 Å². The summed E-state index contributed by atoms with van der Waals surface area (Å²) in [5.41, 5.74) is 0.496. The lowest BCUT2D eigenvalue weighted by atomic mass is 9.91. The van der Waals surface area contributed by atoms with Gasteiger partial charge in [-0.1, -0.05) is 29.8 Å². The molecule has 1 saturated heterocycles. The molecule has 8 nitrogen and oxygen atoms in total. The van der Waals surface area contributed by atoms with Crippen molar-refractivity contribution in [3.8, 4) is 0 Å². The Labute approximate surface area is 151 Å². The molecule has 2 N–H and O–H groups in total. The molecule has 1 aromatic carbocycles. The third kappa shape index (κ3) is 4.19. The number of nitrogens with one attached hydrogen (secondary N) is 2. The Bertz CT molecular complexity index is 716. The van der Waals surface area contributed by atoms with Crippen LogP contribution >= 0.6 is 0 Å². The number of ether oxygens (including phenoxy) is 1. The number of aryl methyl sites for hydroxylation is 1. The fourth-order valence-corrected chi connectivity index (χ4v) is 2.69. The van der Waals surface area contributed by atoms with E-state index in [2.05, 4.69) is 15.4 Å². The van der Waals surface area contributed by atoms with Gasteiger partial charge >= 0.3 is 12.0 Å². The first-order valence-electron chi connectivity index (χ1n) is 8.32. The van der Waals surface area contributed by atoms with Gasteiger partial charge in [-0.25, -0.2) is 4.79 Å². The normalized spacial score (nSPS) is 19.3. The number of carbonyl (C=O) groups excluding carboxylic acids is 4. The van der Waals surface area contributed by atoms with Crippen LogP contribution in [0.5, 0.6) is 0 Å². The summed E-state index contributed by atoms with van der Waals surface area (Å²) in [7, 11) is 1.30. The van der Waals surface area contributed by atoms with Crippen LogP contribution in [0.1, 0.15) is 30.9 Å². The lowest BCUT2D eigenvalue weighted by molar-refractivity contribution is -0.140. The molecular formula is C18H23N3O5. The monoisotopic (exact) mass is 361 g/mol. The van der Waals surface area contributed by atoms with Crippen molar-refractivity contribution in [1.29, 1.82) is 0 Å². The van der Waals surface area contributed by atoms with Gasteiger partial charge < -0.3 is 15.4 Å². The van der Waals surface area contributed by atoms with E-state index in [0.717, 1.165) is 10.5 Å². The number of imide groups is 1. The minimum absolute atomic E-state index is 0.186. The maximum atomic E-state index is 12.7. The second-order valence-electron chi connectivity index (χ2n) is 6.34. The van der Waals surface area contributed by atoms with Gasteiger partial charge in [0, 0.05) is 13.0 Å². The zero-order valence-electron chi connectivity index (χ0n) is 15.1. The number of nitrogens with zero attached hydrogens (tertiary/aromatic N) is 1. The van der Waals surface area contributed by atoms with Crippen molar-refractivity contribution in [2.24, 2.45) is 0 Å². The molecule has 4 amide bonds. The largest absolute Gasteiger partial charge is 0.469 e. The average molecular weight is 361 g/mol. The Kier molecular flexibility index (Phi) is 5.97. The first-order chi connectivity index (χ1) is 12.3. The van der Waals surface area contributed by atoms with Crippen molar-refractivity contribution >= 4 is 23.8 Å². The molecule has 0 spiro atoms. The number of hydrogen-bond donors (Lipinski definition) is 2. The van der Waals surface area contributed by atoms with Crippen LogP contribution in [0.4, 0.5) is 4.79 Å². The molecule has 1 aliphatic rings. The lowest BCUT2D eigenvalue weighted by Gasteiger charge is -2.22. The molecule has 0 aromatic heterocycles. The van der Waals surface area contributed by atoms with Crippen LogP contribution in [0, 0.1) is 6.92 Å². The van der Waals surface area contributed by atoms with E-state index in [1.165, 1.54) is 7.11 Å². The summed E-state index contributed by atoms with van der Waals surface area (Å²) in [5.74, 6) is -1.30. The molecule has 0 radical (unpaired) electrons. The summed E-state index contributed by atoms with van der Waals surface area (Å²) in [6, 6.07) is 6.67. The van der Waals surface area contributed by atoms with Crippen LogP contribution in [0.3, 0.4) is 0 Å². The number of urea groups is 1. The predicted molar refractivity (Wildman–Crippen MR) is 93.0 cm³/mol. The van der Waals surface area contributed by atoms with Crippen molar-refractivity contribution in [1.82, 2.24) is 15.5 Å². The van der Waals surface area contributed by atoms with Crippen LogP contribution < -0.4 is 10.6 Å². The minimum atomic E-state index is -1.20. The van der Waals surface area contributed by atoms with Gasteiger partial charge in [-0.05, 0) is 25.8 Å². The predicted octanol–water partition coefficient (Wildman–Crippen LogP) is 0.831. The third-order valence-corrected chi connectivity index (χ3v) is 4.31. The highest BCUT2D eigenvalue weighted by Crippen LogP contribution is 2.28. The second kappa shape index (κ2) is 7.99. The Morgan fingerprint density at radius 1 is 1.23 bits per heavy atom. The fraction of sp³-hybridized carbons (Fsp3) is 0.444. The molecule has 1 unspecified atom stereocenters. The summed E-state index contributed by atoms with van der Waals surface area (Å²) in [6.45, 7) is 3.43. The van der Waals surface area contributed by atoms with E-state index in [-0.39, 0.29) is 25.5 Å². The lowest BCUT2D eigenvalue weighted by Crippen LogP contribution is -2.43. The van der Waals surface area contributed by atoms with Gasteiger partial charge in [0.2, 0.25) is 5.91 Å². The van der Waals surface area contributed by atoms with E-state index < -0.39 is 23.4 Å². The van der Waals surface area contributed by atoms with E-state index in [4.69, 9.17) is 0 Å². The van der Waals surface area contributed by atoms with E-state index in [9.17, 15) is 19.2 Å². The first kappa shape index (κ1) is 19.4. The Morgan fingerprint density at radius 2 is 1.88 bits per heavy atom. The molecule has 8 heteroatoms. The van der Waals surface area contributed by atoms with Crippen LogP contribution in [0.25, 0.3) is 0 Å². The van der Waals surface area contributed by atoms with Gasteiger partial charge in [-0.2, -0.15) is 0 Å². The third-order valence-electron chi connectivity index (χ3n) is 4.31. The van der Waals surface area contributed by atoms with Gasteiger partial charge in [0.25, 0.3) is 5.91 Å². The smallest absolute Gasteiger partial charge is 0.325 e. The number of hydrogen-bond acceptors (Lipinski definition) is 5. The molecule has 26 heavy (non-hydrogen) atoms. The van der Waals surface area contributed by atoms with Crippen LogP contribution in [-0.2, 0) is 24.7 Å². The van der Waals surface area contributed by atoms with Crippen LogP contribution in [0.2, 0.25) is 0 Å². The molecule has 1 aliphatic heterocycles. The summed E-state index contributed by atoms with van der Waals surface area (Å²) >= 11 is 0. The van der Waals surface area contributed by atoms with Crippen molar-refractivity contribution in [2.75, 3.05) is 20.2 Å². The molecule has 1 heterocycles. The number of methoxy groups -OCH3 is 1. The number of rotatable bonds is 7. The number of esters is 1. The van der Waals surface area contributed by atoms with Crippen molar-refractivity contribution in [3.05, 3.63) is 35.4 Å². The van der Waals surface area contributed by atoms with Crippen LogP contribution in [0.15, 0.2) is 24.3 Å².